The average molecular weight is 586 g/mol. The van der Waals surface area contributed by atoms with Crippen molar-refractivity contribution in [3.05, 3.63) is 60.0 Å². The standard InChI is InChI=1S/C28H35N5O7S/c1-18-11-33(19(2)15-34)28(35)22-10-21(30-41(36,37)27-14-32(4)16-29-27)6-8-23(22)40-26(18)13-31(3)12-20-5-7-24-25(9-20)39-17-38-24/h5-10,14,16,18-19,26,30,34H,11-13,15,17H2,1-4H3/t18-,19-,26-/m0/s1. The lowest BCUT2D eigenvalue weighted by Gasteiger charge is -2.38. The lowest BCUT2D eigenvalue weighted by molar-refractivity contribution is 0.0341. The molecule has 5 rings (SSSR count). The first kappa shape index (κ1) is 28.7. The number of nitrogens with zero attached hydrogens (tertiary/aromatic N) is 4. The van der Waals surface area contributed by atoms with Crippen LogP contribution in [0.25, 0.3) is 0 Å². The van der Waals surface area contributed by atoms with Crippen molar-refractivity contribution in [3.63, 3.8) is 0 Å². The molecule has 3 atom stereocenters. The molecule has 0 aliphatic carbocycles. The maximum atomic E-state index is 13.7. The minimum absolute atomic E-state index is 0.0670. The van der Waals surface area contributed by atoms with Gasteiger partial charge < -0.3 is 28.8 Å². The van der Waals surface area contributed by atoms with Crippen LogP contribution in [0.2, 0.25) is 0 Å². The molecule has 41 heavy (non-hydrogen) atoms. The highest BCUT2D eigenvalue weighted by Crippen LogP contribution is 2.34. The molecule has 0 bridgehead atoms. The largest absolute Gasteiger partial charge is 0.488 e. The fourth-order valence-electron chi connectivity index (χ4n) is 4.96. The first-order valence-corrected chi connectivity index (χ1v) is 14.8. The van der Waals surface area contributed by atoms with E-state index in [4.69, 9.17) is 14.2 Å². The minimum atomic E-state index is -3.97. The smallest absolute Gasteiger partial charge is 0.280 e. The fraction of sp³-hybridized carbons (Fsp3) is 0.429. The summed E-state index contributed by atoms with van der Waals surface area (Å²) in [4.78, 5) is 21.4. The molecule has 13 heteroatoms. The van der Waals surface area contributed by atoms with Crippen molar-refractivity contribution in [1.29, 1.82) is 0 Å². The Bertz CT molecular complexity index is 1530. The van der Waals surface area contributed by atoms with Crippen LogP contribution in [0.3, 0.4) is 0 Å². The molecule has 3 aromatic rings. The Morgan fingerprint density at radius 3 is 2.66 bits per heavy atom. The summed E-state index contributed by atoms with van der Waals surface area (Å²) >= 11 is 0. The van der Waals surface area contributed by atoms with E-state index < -0.39 is 16.1 Å². The van der Waals surface area contributed by atoms with Gasteiger partial charge in [0.2, 0.25) is 6.79 Å². The molecule has 12 nitrogen and oxygen atoms in total. The lowest BCUT2D eigenvalue weighted by atomic mass is 9.99. The monoisotopic (exact) mass is 585 g/mol. The Balaban J connectivity index is 1.40. The van der Waals surface area contributed by atoms with E-state index in [0.717, 1.165) is 17.1 Å². The van der Waals surface area contributed by atoms with Gasteiger partial charge >= 0.3 is 0 Å². The zero-order valence-corrected chi connectivity index (χ0v) is 24.3. The van der Waals surface area contributed by atoms with E-state index in [0.29, 0.717) is 25.4 Å². The van der Waals surface area contributed by atoms with Crippen LogP contribution < -0.4 is 18.9 Å². The van der Waals surface area contributed by atoms with Crippen molar-refractivity contribution in [3.8, 4) is 17.2 Å². The van der Waals surface area contributed by atoms with Crippen LogP contribution in [-0.4, -0.2) is 84.5 Å². The summed E-state index contributed by atoms with van der Waals surface area (Å²) in [6.45, 7) is 5.35. The Morgan fingerprint density at radius 1 is 1.17 bits per heavy atom. The minimum Gasteiger partial charge on any atom is -0.488 e. The highest BCUT2D eigenvalue weighted by atomic mass is 32.2. The summed E-state index contributed by atoms with van der Waals surface area (Å²) in [5, 5.41) is 9.79. The Kier molecular flexibility index (Phi) is 8.11. The van der Waals surface area contributed by atoms with Crippen molar-refractivity contribution in [2.45, 2.75) is 37.6 Å². The number of ether oxygens (including phenoxy) is 3. The number of fused-ring (bicyclic) bond motifs is 2. The number of hydrogen-bond donors (Lipinski definition) is 2. The lowest BCUT2D eigenvalue weighted by Crippen LogP contribution is -2.49. The number of benzene rings is 2. The van der Waals surface area contributed by atoms with Crippen LogP contribution in [0.4, 0.5) is 5.69 Å². The number of aryl methyl sites for hydroxylation is 1. The predicted octanol–water partition coefficient (Wildman–Crippen LogP) is 2.30. The SMILES string of the molecule is C[C@H]1CN([C@@H](C)CO)C(=O)c2cc(NS(=O)(=O)c3cn(C)cn3)ccc2O[C@H]1CN(C)Cc1ccc2c(c1)OCO2. The molecule has 2 aliphatic heterocycles. The second kappa shape index (κ2) is 11.6. The van der Waals surface area contributed by atoms with Crippen molar-refractivity contribution >= 4 is 21.6 Å². The summed E-state index contributed by atoms with van der Waals surface area (Å²) in [5.74, 6) is 1.39. The number of carbonyl (C=O) groups excluding carboxylic acids is 1. The number of anilines is 1. The second-order valence-electron chi connectivity index (χ2n) is 10.7. The number of nitrogens with one attached hydrogen (secondary N) is 1. The summed E-state index contributed by atoms with van der Waals surface area (Å²) in [5.41, 5.74) is 1.47. The molecule has 0 fully saturated rings. The van der Waals surface area contributed by atoms with Gasteiger partial charge in [-0.05, 0) is 49.9 Å². The second-order valence-corrected chi connectivity index (χ2v) is 12.3. The van der Waals surface area contributed by atoms with E-state index >= 15 is 0 Å². The zero-order valence-electron chi connectivity index (χ0n) is 23.5. The number of amides is 1. The Morgan fingerprint density at radius 2 is 1.93 bits per heavy atom. The highest BCUT2D eigenvalue weighted by Gasteiger charge is 2.34. The van der Waals surface area contributed by atoms with Crippen molar-refractivity contribution < 1.29 is 32.5 Å². The van der Waals surface area contributed by atoms with E-state index in [1.807, 2.05) is 32.2 Å². The average Bonchev–Trinajstić information content (AvgIpc) is 3.59. The van der Waals surface area contributed by atoms with Gasteiger partial charge in [-0.3, -0.25) is 14.4 Å². The summed E-state index contributed by atoms with van der Waals surface area (Å²) in [6.07, 6.45) is 2.48. The van der Waals surface area contributed by atoms with Crippen LogP contribution >= 0.6 is 0 Å². The molecule has 2 aromatic carbocycles. The molecular formula is C28H35N5O7S. The molecule has 0 spiro atoms. The molecule has 0 unspecified atom stereocenters. The predicted molar refractivity (Wildman–Crippen MR) is 151 cm³/mol. The van der Waals surface area contributed by atoms with Gasteiger partial charge in [0.1, 0.15) is 11.9 Å². The summed E-state index contributed by atoms with van der Waals surface area (Å²) in [7, 11) is -0.298. The van der Waals surface area contributed by atoms with Gasteiger partial charge in [-0.15, -0.1) is 0 Å². The normalized spacial score (nSPS) is 19.4. The molecule has 2 aliphatic rings. The van der Waals surface area contributed by atoms with Gasteiger partial charge in [0, 0.05) is 44.5 Å². The van der Waals surface area contributed by atoms with Gasteiger partial charge in [-0.25, -0.2) is 4.98 Å². The molecule has 2 N–H and O–H groups in total. The number of likely N-dealkylation sites (N-methyl/N-ethyl adjacent to an activating group) is 1. The van der Waals surface area contributed by atoms with Gasteiger partial charge in [-0.2, -0.15) is 8.42 Å². The number of imidazole rings is 1. The fourth-order valence-corrected chi connectivity index (χ4v) is 5.99. The van der Waals surface area contributed by atoms with E-state index in [9.17, 15) is 18.3 Å². The molecule has 0 saturated carbocycles. The number of aliphatic hydroxyl groups is 1. The number of sulfonamides is 1. The topological polar surface area (TPSA) is 135 Å². The van der Waals surface area contributed by atoms with Gasteiger partial charge in [0.05, 0.1) is 24.5 Å². The third-order valence-electron chi connectivity index (χ3n) is 7.25. The molecule has 0 saturated heterocycles. The number of hydrogen-bond acceptors (Lipinski definition) is 9. The van der Waals surface area contributed by atoms with Gasteiger partial charge in [0.15, 0.2) is 16.5 Å². The summed E-state index contributed by atoms with van der Waals surface area (Å²) in [6, 6.07) is 10.1. The van der Waals surface area contributed by atoms with Crippen molar-refractivity contribution in [2.75, 3.05) is 38.3 Å². The highest BCUT2D eigenvalue weighted by molar-refractivity contribution is 7.92. The molecular weight excluding hydrogens is 550 g/mol. The number of aromatic nitrogens is 2. The first-order chi connectivity index (χ1) is 19.5. The molecule has 3 heterocycles. The molecule has 220 valence electrons. The third kappa shape index (κ3) is 6.26. The Hall–Kier alpha value is -3.81. The van der Waals surface area contributed by atoms with Crippen LogP contribution in [0.5, 0.6) is 17.2 Å². The number of aliphatic hydroxyl groups excluding tert-OH is 1. The van der Waals surface area contributed by atoms with E-state index in [1.54, 1.807) is 31.0 Å². The van der Waals surface area contributed by atoms with E-state index in [2.05, 4.69) is 14.6 Å². The first-order valence-electron chi connectivity index (χ1n) is 13.3. The summed E-state index contributed by atoms with van der Waals surface area (Å²) < 4.78 is 47.1. The van der Waals surface area contributed by atoms with Crippen molar-refractivity contribution in [1.82, 2.24) is 19.4 Å². The number of rotatable bonds is 9. The quantitative estimate of drug-likeness (QED) is 0.388. The van der Waals surface area contributed by atoms with Crippen LogP contribution in [0.1, 0.15) is 29.8 Å². The van der Waals surface area contributed by atoms with Crippen LogP contribution in [0.15, 0.2) is 53.9 Å². The molecule has 1 aromatic heterocycles. The maximum Gasteiger partial charge on any atom is 0.280 e. The number of carbonyl (C=O) groups is 1. The van der Waals surface area contributed by atoms with Crippen LogP contribution in [-0.2, 0) is 23.6 Å². The van der Waals surface area contributed by atoms with E-state index in [-0.39, 0.29) is 47.6 Å². The molecule has 0 radical (unpaired) electrons. The van der Waals surface area contributed by atoms with Gasteiger partial charge in [0.25, 0.3) is 15.9 Å². The zero-order chi connectivity index (χ0) is 29.3. The maximum absolute atomic E-state index is 13.7. The van der Waals surface area contributed by atoms with Crippen LogP contribution in [0, 0.1) is 5.92 Å². The van der Waals surface area contributed by atoms with Crippen molar-refractivity contribution in [2.24, 2.45) is 13.0 Å². The third-order valence-corrected chi connectivity index (χ3v) is 8.52. The Labute approximate surface area is 239 Å². The van der Waals surface area contributed by atoms with E-state index in [1.165, 1.54) is 23.2 Å². The molecule has 1 amide bonds. The van der Waals surface area contributed by atoms with Gasteiger partial charge in [-0.1, -0.05) is 13.0 Å².